The fourth-order valence-corrected chi connectivity index (χ4v) is 1.80. The summed E-state index contributed by atoms with van der Waals surface area (Å²) >= 11 is 0. The number of ether oxygens (including phenoxy) is 1. The minimum atomic E-state index is -0.909. The van der Waals surface area contributed by atoms with Crippen LogP contribution in [-0.4, -0.2) is 35.8 Å². The number of hydrogen-bond acceptors (Lipinski definition) is 5. The second-order valence-electron chi connectivity index (χ2n) is 4.06. The van der Waals surface area contributed by atoms with E-state index in [9.17, 15) is 19.5 Å². The Kier molecular flexibility index (Phi) is 3.79. The number of imide groups is 1. The van der Waals surface area contributed by atoms with Crippen molar-refractivity contribution in [2.75, 3.05) is 13.2 Å². The van der Waals surface area contributed by atoms with Crippen molar-refractivity contribution in [2.24, 2.45) is 0 Å². The summed E-state index contributed by atoms with van der Waals surface area (Å²) < 4.78 is 5.96. The number of nitrogens with zero attached hydrogens (tertiary/aromatic N) is 2. The van der Waals surface area contributed by atoms with E-state index in [0.717, 1.165) is 4.90 Å². The number of carbonyl (C=O) groups excluding carboxylic acids is 3. The Bertz CT molecular complexity index is 594. The summed E-state index contributed by atoms with van der Waals surface area (Å²) in [6.45, 7) is 0.947. The van der Waals surface area contributed by atoms with Crippen LogP contribution in [0.25, 0.3) is 5.70 Å². The normalized spacial score (nSPS) is 14.9. The molecule has 0 fully saturated rings. The average Bonchev–Trinajstić information content (AvgIpc) is 2.63. The summed E-state index contributed by atoms with van der Waals surface area (Å²) in [6.07, 6.45) is 3.02. The van der Waals surface area contributed by atoms with E-state index in [0.29, 0.717) is 0 Å². The van der Waals surface area contributed by atoms with Gasteiger partial charge in [0.25, 0.3) is 11.6 Å². The number of amides is 2. The minimum Gasteiger partial charge on any atom is -0.864 e. The van der Waals surface area contributed by atoms with Crippen molar-refractivity contribution >= 4 is 23.5 Å². The summed E-state index contributed by atoms with van der Waals surface area (Å²) in [4.78, 5) is 35.3. The summed E-state index contributed by atoms with van der Waals surface area (Å²) in [5.41, 5.74) is -0.224. The highest BCUT2D eigenvalue weighted by molar-refractivity contribution is 6.28. The highest BCUT2D eigenvalue weighted by Gasteiger charge is 2.39. The minimum absolute atomic E-state index is 0.132. The van der Waals surface area contributed by atoms with E-state index >= 15 is 0 Å². The third-order valence-corrected chi connectivity index (χ3v) is 2.70. The number of carbonyl (C=O) groups is 3. The van der Waals surface area contributed by atoms with Crippen molar-refractivity contribution in [1.29, 1.82) is 0 Å². The molecule has 2 heterocycles. The van der Waals surface area contributed by atoms with Gasteiger partial charge in [-0.2, -0.15) is 4.57 Å². The lowest BCUT2D eigenvalue weighted by atomic mass is 10.3. The maximum atomic E-state index is 12.1. The van der Waals surface area contributed by atoms with Gasteiger partial charge < -0.3 is 9.84 Å². The van der Waals surface area contributed by atoms with Gasteiger partial charge in [0.2, 0.25) is 0 Å². The quantitative estimate of drug-likeness (QED) is 0.376. The van der Waals surface area contributed by atoms with Gasteiger partial charge in [0, 0.05) is 24.8 Å². The lowest BCUT2D eigenvalue weighted by Crippen LogP contribution is -2.40. The molecule has 1 aliphatic heterocycles. The molecule has 1 aliphatic rings. The fraction of sp³-hybridized carbons (Fsp3) is 0.231. The van der Waals surface area contributed by atoms with Crippen LogP contribution in [0.2, 0.25) is 0 Å². The first kappa shape index (κ1) is 13.7. The Balaban J connectivity index is 2.18. The lowest BCUT2D eigenvalue weighted by Gasteiger charge is -2.14. The van der Waals surface area contributed by atoms with Crippen molar-refractivity contribution in [3.8, 4) is 0 Å². The zero-order valence-corrected chi connectivity index (χ0v) is 10.7. The van der Waals surface area contributed by atoms with Crippen molar-refractivity contribution in [3.63, 3.8) is 0 Å². The first-order valence-electron chi connectivity index (χ1n) is 5.90. The lowest BCUT2D eigenvalue weighted by molar-refractivity contribution is -0.581. The van der Waals surface area contributed by atoms with Crippen molar-refractivity contribution in [2.45, 2.75) is 6.92 Å². The highest BCUT2D eigenvalue weighted by Crippen LogP contribution is 2.16. The standard InChI is InChI=1S/C13H12N2O5/c1-9(16)20-8-7-15-12(18)10(11(17)13(15)19)14-5-3-2-4-6-14/h2-6H,7-8H2,1H3. The Labute approximate surface area is 114 Å². The van der Waals surface area contributed by atoms with Crippen LogP contribution in [0.4, 0.5) is 0 Å². The molecule has 7 heteroatoms. The zero-order valence-electron chi connectivity index (χ0n) is 10.7. The fourth-order valence-electron chi connectivity index (χ4n) is 1.80. The maximum absolute atomic E-state index is 12.1. The van der Waals surface area contributed by atoms with Crippen molar-refractivity contribution in [1.82, 2.24) is 4.90 Å². The predicted octanol–water partition coefficient (Wildman–Crippen LogP) is -1.57. The van der Waals surface area contributed by atoms with E-state index in [1.54, 1.807) is 18.2 Å². The van der Waals surface area contributed by atoms with Gasteiger partial charge in [-0.25, -0.2) is 0 Å². The number of esters is 1. The highest BCUT2D eigenvalue weighted by atomic mass is 16.5. The Morgan fingerprint density at radius 2 is 1.90 bits per heavy atom. The van der Waals surface area contributed by atoms with Crippen LogP contribution in [0, 0.1) is 0 Å². The van der Waals surface area contributed by atoms with Crippen LogP contribution in [0.15, 0.2) is 36.4 Å². The largest absolute Gasteiger partial charge is 0.864 e. The molecule has 20 heavy (non-hydrogen) atoms. The topological polar surface area (TPSA) is 90.6 Å². The molecule has 7 nitrogen and oxygen atoms in total. The van der Waals surface area contributed by atoms with Gasteiger partial charge >= 0.3 is 11.9 Å². The third kappa shape index (κ3) is 2.51. The second kappa shape index (κ2) is 5.52. The SMILES string of the molecule is CC(=O)OCCN1C(=O)C([O-])=C([n+]2ccccc2)C1=O. The number of hydrogen-bond donors (Lipinski definition) is 0. The van der Waals surface area contributed by atoms with Crippen LogP contribution in [-0.2, 0) is 19.1 Å². The van der Waals surface area contributed by atoms with Gasteiger partial charge in [-0.3, -0.25) is 19.3 Å². The Morgan fingerprint density at radius 3 is 2.50 bits per heavy atom. The molecule has 0 saturated heterocycles. The first-order valence-corrected chi connectivity index (χ1v) is 5.90. The van der Waals surface area contributed by atoms with E-state index in [4.69, 9.17) is 0 Å². The smallest absolute Gasteiger partial charge is 0.325 e. The molecule has 0 aromatic carbocycles. The zero-order chi connectivity index (χ0) is 14.7. The number of rotatable bonds is 4. The van der Waals surface area contributed by atoms with Crippen LogP contribution in [0.3, 0.4) is 0 Å². The van der Waals surface area contributed by atoms with E-state index in [1.165, 1.54) is 23.9 Å². The van der Waals surface area contributed by atoms with Crippen LogP contribution in [0.5, 0.6) is 0 Å². The van der Waals surface area contributed by atoms with Gasteiger partial charge in [0.1, 0.15) is 6.61 Å². The molecule has 0 atom stereocenters. The molecule has 0 aliphatic carbocycles. The maximum Gasteiger partial charge on any atom is 0.325 e. The van der Waals surface area contributed by atoms with Crippen LogP contribution >= 0.6 is 0 Å². The van der Waals surface area contributed by atoms with Crippen molar-refractivity contribution in [3.05, 3.63) is 36.4 Å². The van der Waals surface area contributed by atoms with Crippen LogP contribution < -0.4 is 9.67 Å². The molecule has 0 N–H and O–H groups in total. The van der Waals surface area contributed by atoms with E-state index < -0.39 is 23.5 Å². The molecule has 0 spiro atoms. The molecule has 104 valence electrons. The molecular formula is C13H12N2O5. The molecule has 0 unspecified atom stereocenters. The van der Waals surface area contributed by atoms with Crippen LogP contribution in [0.1, 0.15) is 6.92 Å². The summed E-state index contributed by atoms with van der Waals surface area (Å²) in [7, 11) is 0. The summed E-state index contributed by atoms with van der Waals surface area (Å²) in [5, 5.41) is 11.8. The Morgan fingerprint density at radius 1 is 1.25 bits per heavy atom. The second-order valence-corrected chi connectivity index (χ2v) is 4.06. The average molecular weight is 276 g/mol. The molecule has 1 aromatic heterocycles. The van der Waals surface area contributed by atoms with Gasteiger partial charge in [0.15, 0.2) is 12.4 Å². The summed E-state index contributed by atoms with van der Waals surface area (Å²) in [5.74, 6) is -2.98. The van der Waals surface area contributed by atoms with E-state index in [-0.39, 0.29) is 18.8 Å². The monoisotopic (exact) mass is 276 g/mol. The first-order chi connectivity index (χ1) is 9.52. The van der Waals surface area contributed by atoms with E-state index in [1.807, 2.05) is 0 Å². The van der Waals surface area contributed by atoms with Gasteiger partial charge in [-0.1, -0.05) is 6.07 Å². The molecule has 2 amide bonds. The van der Waals surface area contributed by atoms with Gasteiger partial charge in [-0.15, -0.1) is 0 Å². The molecule has 1 aromatic rings. The van der Waals surface area contributed by atoms with Gasteiger partial charge in [-0.05, 0) is 0 Å². The third-order valence-electron chi connectivity index (χ3n) is 2.70. The molecule has 0 saturated carbocycles. The summed E-state index contributed by atoms with van der Waals surface area (Å²) in [6, 6.07) is 5.00. The van der Waals surface area contributed by atoms with Gasteiger partial charge in [0.05, 0.1) is 6.54 Å². The molecule has 0 radical (unpaired) electrons. The molecule has 2 rings (SSSR count). The van der Waals surface area contributed by atoms with E-state index in [2.05, 4.69) is 4.74 Å². The molecular weight excluding hydrogens is 264 g/mol. The number of aromatic nitrogens is 1. The Hall–Kier alpha value is -2.70. The predicted molar refractivity (Wildman–Crippen MR) is 63.2 cm³/mol. The van der Waals surface area contributed by atoms with Crippen molar-refractivity contribution < 1.29 is 28.8 Å². The number of pyridine rings is 1. The molecule has 0 bridgehead atoms.